The Morgan fingerprint density at radius 3 is 2.78 bits per heavy atom. The van der Waals surface area contributed by atoms with Gasteiger partial charge in [0.15, 0.2) is 0 Å². The van der Waals surface area contributed by atoms with Crippen molar-refractivity contribution in [3.63, 3.8) is 0 Å². The van der Waals surface area contributed by atoms with Gasteiger partial charge in [0.1, 0.15) is 5.82 Å². The molecule has 4 heteroatoms. The van der Waals surface area contributed by atoms with Gasteiger partial charge in [0.05, 0.1) is 0 Å². The van der Waals surface area contributed by atoms with Gasteiger partial charge in [-0.3, -0.25) is 4.79 Å². The second kappa shape index (κ2) is 5.06. The highest BCUT2D eigenvalue weighted by atomic mass is 19.1. The van der Waals surface area contributed by atoms with Crippen molar-refractivity contribution >= 4 is 5.91 Å². The Kier molecular flexibility index (Phi) is 3.66. The van der Waals surface area contributed by atoms with Crippen molar-refractivity contribution in [2.75, 3.05) is 13.1 Å². The average molecular weight is 250 g/mol. The van der Waals surface area contributed by atoms with Crippen LogP contribution >= 0.6 is 0 Å². The molecule has 1 fully saturated rings. The molecule has 0 aliphatic carbocycles. The summed E-state index contributed by atoms with van der Waals surface area (Å²) in [4.78, 5) is 14.0. The van der Waals surface area contributed by atoms with Crippen molar-refractivity contribution in [2.45, 2.75) is 26.3 Å². The lowest BCUT2D eigenvalue weighted by Crippen LogP contribution is -2.48. The molecule has 0 aromatic heterocycles. The fourth-order valence-corrected chi connectivity index (χ4v) is 2.47. The molecule has 0 spiro atoms. The maximum Gasteiger partial charge on any atom is 0.254 e. The van der Waals surface area contributed by atoms with Crippen LogP contribution in [0.1, 0.15) is 29.3 Å². The first-order valence-corrected chi connectivity index (χ1v) is 6.28. The van der Waals surface area contributed by atoms with Gasteiger partial charge in [-0.1, -0.05) is 13.0 Å². The lowest BCUT2D eigenvalue weighted by atomic mass is 9.96. The Bertz CT molecular complexity index is 451. The first kappa shape index (κ1) is 13.0. The molecule has 2 atom stereocenters. The zero-order valence-corrected chi connectivity index (χ0v) is 10.8. The summed E-state index contributed by atoms with van der Waals surface area (Å²) in [5.74, 6) is -0.0703. The number of aryl methyl sites for hydroxylation is 1. The van der Waals surface area contributed by atoms with Crippen LogP contribution in [0.2, 0.25) is 0 Å². The highest BCUT2D eigenvalue weighted by Crippen LogP contribution is 2.18. The molecular weight excluding hydrogens is 231 g/mol. The number of carbonyl (C=O) groups excluding carboxylic acids is 1. The largest absolute Gasteiger partial charge is 0.337 e. The number of nitrogens with zero attached hydrogens (tertiary/aromatic N) is 1. The Morgan fingerprint density at radius 2 is 2.17 bits per heavy atom. The molecule has 1 saturated heterocycles. The third kappa shape index (κ3) is 2.70. The van der Waals surface area contributed by atoms with Crippen molar-refractivity contribution in [3.8, 4) is 0 Å². The van der Waals surface area contributed by atoms with Gasteiger partial charge in [-0.2, -0.15) is 0 Å². The minimum Gasteiger partial charge on any atom is -0.337 e. The molecule has 2 N–H and O–H groups in total. The standard InChI is InChI=1S/C14H19FN2O/c1-9-5-12(16)8-17(7-9)14(18)11-4-3-10(2)13(15)6-11/h3-4,6,9,12H,5,7-8,16H2,1-2H3. The molecular formula is C14H19FN2O. The van der Waals surface area contributed by atoms with E-state index in [0.29, 0.717) is 30.1 Å². The van der Waals surface area contributed by atoms with E-state index in [1.54, 1.807) is 24.0 Å². The number of hydrogen-bond donors (Lipinski definition) is 1. The van der Waals surface area contributed by atoms with Crippen molar-refractivity contribution in [2.24, 2.45) is 11.7 Å². The smallest absolute Gasteiger partial charge is 0.254 e. The predicted octanol–water partition coefficient (Wildman–Crippen LogP) is 1.94. The van der Waals surface area contributed by atoms with Crippen LogP contribution in [-0.2, 0) is 0 Å². The number of nitrogens with two attached hydrogens (primary N) is 1. The fraction of sp³-hybridized carbons (Fsp3) is 0.500. The summed E-state index contributed by atoms with van der Waals surface area (Å²) < 4.78 is 13.5. The first-order chi connectivity index (χ1) is 8.47. The number of rotatable bonds is 1. The summed E-state index contributed by atoms with van der Waals surface area (Å²) in [5, 5.41) is 0. The Balaban J connectivity index is 2.17. The summed E-state index contributed by atoms with van der Waals surface area (Å²) in [6.07, 6.45) is 0.937. The number of amides is 1. The molecule has 0 saturated carbocycles. The number of benzene rings is 1. The van der Waals surface area contributed by atoms with Crippen LogP contribution in [0.25, 0.3) is 0 Å². The van der Waals surface area contributed by atoms with Crippen LogP contribution in [0, 0.1) is 18.7 Å². The number of carbonyl (C=O) groups is 1. The molecule has 1 aromatic carbocycles. The molecule has 18 heavy (non-hydrogen) atoms. The van der Waals surface area contributed by atoms with Gasteiger partial charge in [-0.05, 0) is 37.0 Å². The molecule has 98 valence electrons. The number of piperidine rings is 1. The molecule has 0 radical (unpaired) electrons. The lowest BCUT2D eigenvalue weighted by molar-refractivity contribution is 0.0660. The highest BCUT2D eigenvalue weighted by Gasteiger charge is 2.26. The maximum absolute atomic E-state index is 13.5. The van der Waals surface area contributed by atoms with Gasteiger partial charge in [-0.25, -0.2) is 4.39 Å². The van der Waals surface area contributed by atoms with E-state index in [2.05, 4.69) is 6.92 Å². The first-order valence-electron chi connectivity index (χ1n) is 6.28. The molecule has 1 heterocycles. The summed E-state index contributed by atoms with van der Waals surface area (Å²) >= 11 is 0. The zero-order chi connectivity index (χ0) is 13.3. The number of halogens is 1. The Hall–Kier alpha value is -1.42. The molecule has 1 amide bonds. The zero-order valence-electron chi connectivity index (χ0n) is 10.8. The van der Waals surface area contributed by atoms with E-state index in [0.717, 1.165) is 6.42 Å². The van der Waals surface area contributed by atoms with Crippen LogP contribution in [0.5, 0.6) is 0 Å². The minimum absolute atomic E-state index is 0.0213. The van der Waals surface area contributed by atoms with Crippen LogP contribution in [-0.4, -0.2) is 29.9 Å². The molecule has 1 aromatic rings. The summed E-state index contributed by atoms with van der Waals surface area (Å²) in [7, 11) is 0. The fourth-order valence-electron chi connectivity index (χ4n) is 2.47. The topological polar surface area (TPSA) is 46.3 Å². The molecule has 1 aliphatic heterocycles. The van der Waals surface area contributed by atoms with Crippen molar-refractivity contribution in [1.82, 2.24) is 4.90 Å². The van der Waals surface area contributed by atoms with Crippen LogP contribution < -0.4 is 5.73 Å². The maximum atomic E-state index is 13.5. The third-order valence-corrected chi connectivity index (χ3v) is 3.40. The highest BCUT2D eigenvalue weighted by molar-refractivity contribution is 5.94. The summed E-state index contributed by atoms with van der Waals surface area (Å²) in [6.45, 7) is 5.01. The minimum atomic E-state index is -0.338. The van der Waals surface area contributed by atoms with Crippen LogP contribution in [0.3, 0.4) is 0 Å². The van der Waals surface area contributed by atoms with E-state index in [1.807, 2.05) is 0 Å². The lowest BCUT2D eigenvalue weighted by Gasteiger charge is -2.34. The van der Waals surface area contributed by atoms with Gasteiger partial charge in [-0.15, -0.1) is 0 Å². The SMILES string of the molecule is Cc1ccc(C(=O)N2CC(C)CC(N)C2)cc1F. The van der Waals surface area contributed by atoms with Crippen molar-refractivity contribution in [3.05, 3.63) is 35.1 Å². The van der Waals surface area contributed by atoms with Gasteiger partial charge in [0.25, 0.3) is 5.91 Å². The quantitative estimate of drug-likeness (QED) is 0.828. The van der Waals surface area contributed by atoms with Gasteiger partial charge < -0.3 is 10.6 Å². The summed E-state index contributed by atoms with van der Waals surface area (Å²) in [6, 6.07) is 4.64. The second-order valence-corrected chi connectivity index (χ2v) is 5.28. The van der Waals surface area contributed by atoms with E-state index in [4.69, 9.17) is 5.73 Å². The molecule has 3 nitrogen and oxygen atoms in total. The molecule has 2 rings (SSSR count). The van der Waals surface area contributed by atoms with Crippen LogP contribution in [0.4, 0.5) is 4.39 Å². The van der Waals surface area contributed by atoms with Gasteiger partial charge in [0, 0.05) is 24.7 Å². The monoisotopic (exact) mass is 250 g/mol. The predicted molar refractivity (Wildman–Crippen MR) is 68.8 cm³/mol. The number of likely N-dealkylation sites (tertiary alicyclic amines) is 1. The normalized spacial score (nSPS) is 24.1. The van der Waals surface area contributed by atoms with Crippen molar-refractivity contribution in [1.29, 1.82) is 0 Å². The Morgan fingerprint density at radius 1 is 1.44 bits per heavy atom. The molecule has 2 unspecified atom stereocenters. The Labute approximate surface area is 107 Å². The molecule has 1 aliphatic rings. The average Bonchev–Trinajstić information content (AvgIpc) is 2.30. The van der Waals surface area contributed by atoms with E-state index in [-0.39, 0.29) is 17.8 Å². The molecule has 0 bridgehead atoms. The van der Waals surface area contributed by atoms with Gasteiger partial charge in [0.2, 0.25) is 0 Å². The van der Waals surface area contributed by atoms with E-state index in [9.17, 15) is 9.18 Å². The van der Waals surface area contributed by atoms with Crippen LogP contribution in [0.15, 0.2) is 18.2 Å². The van der Waals surface area contributed by atoms with E-state index >= 15 is 0 Å². The van der Waals surface area contributed by atoms with Gasteiger partial charge >= 0.3 is 0 Å². The second-order valence-electron chi connectivity index (χ2n) is 5.28. The number of hydrogen-bond acceptors (Lipinski definition) is 2. The van der Waals surface area contributed by atoms with E-state index in [1.165, 1.54) is 6.07 Å². The van der Waals surface area contributed by atoms with E-state index < -0.39 is 0 Å². The third-order valence-electron chi connectivity index (χ3n) is 3.40. The van der Waals surface area contributed by atoms with Crippen molar-refractivity contribution < 1.29 is 9.18 Å². The summed E-state index contributed by atoms with van der Waals surface area (Å²) in [5.41, 5.74) is 6.87.